The number of nitrogens with one attached hydrogen (secondary N) is 1. The van der Waals surface area contributed by atoms with E-state index in [-0.39, 0.29) is 11.3 Å². The second-order valence-corrected chi connectivity index (χ2v) is 6.12. The van der Waals surface area contributed by atoms with Gasteiger partial charge in [-0.15, -0.1) is 0 Å². The number of benzene rings is 2. The number of carbonyl (C=O) groups is 1. The zero-order chi connectivity index (χ0) is 14.8. The van der Waals surface area contributed by atoms with Gasteiger partial charge in [0, 0.05) is 0 Å². The Morgan fingerprint density at radius 3 is 2.45 bits per heavy atom. The van der Waals surface area contributed by atoms with Gasteiger partial charge in [-0.05, 0) is 29.3 Å². The third-order valence-corrected chi connectivity index (χ3v) is 4.49. The van der Waals surface area contributed by atoms with Crippen LogP contribution in [-0.2, 0) is 14.8 Å². The van der Waals surface area contributed by atoms with Gasteiger partial charge >= 0.3 is 0 Å². The quantitative estimate of drug-likeness (QED) is 0.876. The predicted molar refractivity (Wildman–Crippen MR) is 73.4 cm³/mol. The minimum absolute atomic E-state index is 0.0379. The topological polar surface area (TPSA) is 86.3 Å². The van der Waals surface area contributed by atoms with Crippen LogP contribution in [0.5, 0.6) is 0 Å². The first-order valence-corrected chi connectivity index (χ1v) is 7.64. The van der Waals surface area contributed by atoms with Crippen molar-refractivity contribution in [3.8, 4) is 0 Å². The molecule has 0 saturated carbocycles. The Hall–Kier alpha value is -1.92. The number of aliphatic carboxylic acids is 1. The number of rotatable bonds is 5. The van der Waals surface area contributed by atoms with Crippen LogP contribution < -0.4 is 9.83 Å². The van der Waals surface area contributed by atoms with Crippen LogP contribution in [0, 0.1) is 0 Å². The van der Waals surface area contributed by atoms with E-state index in [0.717, 1.165) is 10.8 Å². The van der Waals surface area contributed by atoms with Crippen molar-refractivity contribution in [2.45, 2.75) is 24.3 Å². The molecule has 1 unspecified atom stereocenters. The standard InChI is InChI=1S/C14H15NO4S/c1-2-13(14(16)17)15-20(18,19)12-8-7-10-5-3-4-6-11(10)9-12/h3-9,13,15H,2H2,1H3,(H,16,17)/p-1. The molecule has 5 nitrogen and oxygen atoms in total. The molecule has 0 bridgehead atoms. The van der Waals surface area contributed by atoms with E-state index in [1.807, 2.05) is 18.2 Å². The molecule has 2 rings (SSSR count). The van der Waals surface area contributed by atoms with Crippen LogP contribution in [0.25, 0.3) is 10.8 Å². The molecule has 0 saturated heterocycles. The van der Waals surface area contributed by atoms with Gasteiger partial charge in [-0.25, -0.2) is 13.1 Å². The lowest BCUT2D eigenvalue weighted by molar-refractivity contribution is -0.308. The van der Waals surface area contributed by atoms with Crippen LogP contribution in [0.1, 0.15) is 13.3 Å². The molecule has 0 aliphatic carbocycles. The lowest BCUT2D eigenvalue weighted by atomic mass is 10.1. The third-order valence-electron chi connectivity index (χ3n) is 3.02. The van der Waals surface area contributed by atoms with Gasteiger partial charge in [0.2, 0.25) is 10.0 Å². The van der Waals surface area contributed by atoms with Crippen molar-refractivity contribution < 1.29 is 18.3 Å². The van der Waals surface area contributed by atoms with E-state index in [4.69, 9.17) is 0 Å². The van der Waals surface area contributed by atoms with Crippen LogP contribution in [0.4, 0.5) is 0 Å². The number of sulfonamides is 1. The minimum atomic E-state index is -3.88. The van der Waals surface area contributed by atoms with Crippen LogP contribution in [-0.4, -0.2) is 20.4 Å². The number of hydrogen-bond acceptors (Lipinski definition) is 4. The molecule has 0 aliphatic heterocycles. The van der Waals surface area contributed by atoms with Crippen molar-refractivity contribution >= 4 is 26.8 Å². The summed E-state index contributed by atoms with van der Waals surface area (Å²) >= 11 is 0. The van der Waals surface area contributed by atoms with Gasteiger partial charge in [0.25, 0.3) is 0 Å². The first kappa shape index (κ1) is 14.5. The van der Waals surface area contributed by atoms with Crippen LogP contribution in [0.2, 0.25) is 0 Å². The van der Waals surface area contributed by atoms with Gasteiger partial charge < -0.3 is 9.90 Å². The van der Waals surface area contributed by atoms with Crippen molar-refractivity contribution in [2.75, 3.05) is 0 Å². The zero-order valence-corrected chi connectivity index (χ0v) is 11.7. The second kappa shape index (κ2) is 5.60. The highest BCUT2D eigenvalue weighted by atomic mass is 32.2. The monoisotopic (exact) mass is 292 g/mol. The first-order valence-electron chi connectivity index (χ1n) is 6.16. The SMILES string of the molecule is CCC(NS(=O)(=O)c1ccc2ccccc2c1)C(=O)[O-]. The maximum absolute atomic E-state index is 12.1. The molecule has 106 valence electrons. The van der Waals surface area contributed by atoms with Crippen LogP contribution in [0.15, 0.2) is 47.4 Å². The summed E-state index contributed by atoms with van der Waals surface area (Å²) in [5.74, 6) is -1.43. The molecule has 0 heterocycles. The lowest BCUT2D eigenvalue weighted by Crippen LogP contribution is -2.47. The summed E-state index contributed by atoms with van der Waals surface area (Å²) in [4.78, 5) is 10.9. The van der Waals surface area contributed by atoms with E-state index in [2.05, 4.69) is 4.72 Å². The summed E-state index contributed by atoms with van der Waals surface area (Å²) in [5.41, 5.74) is 0. The third kappa shape index (κ3) is 2.97. The first-order chi connectivity index (χ1) is 9.44. The Labute approximate surface area is 117 Å². The van der Waals surface area contributed by atoms with Crippen molar-refractivity contribution in [3.05, 3.63) is 42.5 Å². The van der Waals surface area contributed by atoms with Crippen molar-refractivity contribution in [1.82, 2.24) is 4.72 Å². The summed E-state index contributed by atoms with van der Waals surface area (Å²) in [5, 5.41) is 12.5. The molecule has 0 fully saturated rings. The van der Waals surface area contributed by atoms with Crippen LogP contribution in [0.3, 0.4) is 0 Å². The summed E-state index contributed by atoms with van der Waals surface area (Å²) < 4.78 is 26.4. The molecule has 0 radical (unpaired) electrons. The number of carboxylic acid groups (broad SMARTS) is 1. The molecular weight excluding hydrogens is 278 g/mol. The molecule has 6 heteroatoms. The van der Waals surface area contributed by atoms with Crippen molar-refractivity contribution in [2.24, 2.45) is 0 Å². The lowest BCUT2D eigenvalue weighted by Gasteiger charge is -2.18. The second-order valence-electron chi connectivity index (χ2n) is 4.41. The minimum Gasteiger partial charge on any atom is -0.548 e. The molecule has 20 heavy (non-hydrogen) atoms. The molecule has 2 aromatic carbocycles. The molecular formula is C14H14NO4S-. The summed E-state index contributed by atoms with van der Waals surface area (Å²) in [6, 6.07) is 10.8. The molecule has 1 atom stereocenters. The largest absolute Gasteiger partial charge is 0.548 e. The van der Waals surface area contributed by atoms with E-state index in [1.54, 1.807) is 19.1 Å². The number of carboxylic acids is 1. The number of fused-ring (bicyclic) bond motifs is 1. The Balaban J connectivity index is 2.38. The Bertz CT molecular complexity index is 740. The van der Waals surface area contributed by atoms with Gasteiger partial charge in [0.05, 0.1) is 16.9 Å². The van der Waals surface area contributed by atoms with Gasteiger partial charge in [-0.2, -0.15) is 0 Å². The Morgan fingerprint density at radius 1 is 1.20 bits per heavy atom. The smallest absolute Gasteiger partial charge is 0.241 e. The van der Waals surface area contributed by atoms with E-state index >= 15 is 0 Å². The maximum Gasteiger partial charge on any atom is 0.241 e. The van der Waals surface area contributed by atoms with Crippen molar-refractivity contribution in [1.29, 1.82) is 0 Å². The van der Waals surface area contributed by atoms with E-state index in [1.165, 1.54) is 12.1 Å². The fourth-order valence-corrected chi connectivity index (χ4v) is 3.19. The average molecular weight is 292 g/mol. The summed E-state index contributed by atoms with van der Waals surface area (Å²) in [6.07, 6.45) is 0.120. The molecule has 1 N–H and O–H groups in total. The highest BCUT2D eigenvalue weighted by molar-refractivity contribution is 7.89. The Kier molecular flexibility index (Phi) is 4.06. The molecule has 0 amide bonds. The van der Waals surface area contributed by atoms with Crippen molar-refractivity contribution in [3.63, 3.8) is 0 Å². The van der Waals surface area contributed by atoms with Gasteiger partial charge in [0.15, 0.2) is 0 Å². The summed E-state index contributed by atoms with van der Waals surface area (Å²) in [6.45, 7) is 1.57. The molecule has 0 aromatic heterocycles. The predicted octanol–water partition coefficient (Wildman–Crippen LogP) is 0.647. The number of carbonyl (C=O) groups excluding carboxylic acids is 1. The fourth-order valence-electron chi connectivity index (χ4n) is 1.89. The Morgan fingerprint density at radius 2 is 1.85 bits per heavy atom. The zero-order valence-electron chi connectivity index (χ0n) is 10.9. The van der Waals surface area contributed by atoms with E-state index < -0.39 is 22.0 Å². The molecule has 0 spiro atoms. The van der Waals surface area contributed by atoms with Gasteiger partial charge in [0.1, 0.15) is 0 Å². The summed E-state index contributed by atoms with van der Waals surface area (Å²) in [7, 11) is -3.88. The maximum atomic E-state index is 12.1. The fraction of sp³-hybridized carbons (Fsp3) is 0.214. The van der Waals surface area contributed by atoms with E-state index in [9.17, 15) is 18.3 Å². The normalized spacial score (nSPS) is 13.2. The highest BCUT2D eigenvalue weighted by Crippen LogP contribution is 2.19. The van der Waals surface area contributed by atoms with E-state index in [0.29, 0.717) is 0 Å². The van der Waals surface area contributed by atoms with Gasteiger partial charge in [-0.3, -0.25) is 0 Å². The van der Waals surface area contributed by atoms with Gasteiger partial charge in [-0.1, -0.05) is 37.3 Å². The molecule has 2 aromatic rings. The number of hydrogen-bond donors (Lipinski definition) is 1. The molecule has 0 aliphatic rings. The van der Waals surface area contributed by atoms with Crippen LogP contribution >= 0.6 is 0 Å². The highest BCUT2D eigenvalue weighted by Gasteiger charge is 2.19. The average Bonchev–Trinajstić information content (AvgIpc) is 2.44.